The summed E-state index contributed by atoms with van der Waals surface area (Å²) in [7, 11) is 1.35. The number of hydrogen-bond acceptors (Lipinski definition) is 3. The normalized spacial score (nSPS) is 9.44. The lowest BCUT2D eigenvalue weighted by Crippen LogP contribution is -2.01. The van der Waals surface area contributed by atoms with Crippen LogP contribution in [-0.2, 0) is 4.74 Å². The summed E-state index contributed by atoms with van der Waals surface area (Å²) in [6, 6.07) is 10.6. The van der Waals surface area contributed by atoms with Gasteiger partial charge in [-0.2, -0.15) is 0 Å². The third-order valence-corrected chi connectivity index (χ3v) is 2.54. The van der Waals surface area contributed by atoms with Gasteiger partial charge in [0.15, 0.2) is 0 Å². The number of carbonyl (C=O) groups is 1. The maximum absolute atomic E-state index is 11.4. The molecule has 1 heterocycles. The minimum absolute atomic E-state index is 0. The summed E-state index contributed by atoms with van der Waals surface area (Å²) in [5, 5.41) is 0.632. The zero-order chi connectivity index (χ0) is 12.3. The third kappa shape index (κ3) is 3.22. The number of hydrogen-bond donors (Lipinski definition) is 0. The molecule has 18 heavy (non-hydrogen) atoms. The van der Waals surface area contributed by atoms with Crippen molar-refractivity contribution in [3.8, 4) is 11.3 Å². The molecule has 0 N–H and O–H groups in total. The highest BCUT2D eigenvalue weighted by Crippen LogP contribution is 2.21. The van der Waals surface area contributed by atoms with Gasteiger partial charge in [0.25, 0.3) is 0 Å². The highest BCUT2D eigenvalue weighted by molar-refractivity contribution is 6.30. The van der Waals surface area contributed by atoms with E-state index in [0.29, 0.717) is 16.3 Å². The Balaban J connectivity index is 0.00000162. The number of esters is 1. The van der Waals surface area contributed by atoms with Gasteiger partial charge in [-0.3, -0.25) is 4.98 Å². The van der Waals surface area contributed by atoms with Gasteiger partial charge in [0.05, 0.1) is 18.4 Å². The van der Waals surface area contributed by atoms with Crippen LogP contribution in [0.25, 0.3) is 11.3 Å². The number of aromatic nitrogens is 1. The molecule has 1 aromatic heterocycles. The Hall–Kier alpha value is -1.58. The standard InChI is InChI=1S/C13H10ClNO2.ClH/c1-17-13(16)10-5-6-15-12(8-10)9-3-2-4-11(14)7-9;/h2-8H,1H3;1H. The minimum atomic E-state index is -0.379. The van der Waals surface area contributed by atoms with Crippen LogP contribution in [0.5, 0.6) is 0 Å². The van der Waals surface area contributed by atoms with Crippen LogP contribution in [0.15, 0.2) is 42.6 Å². The van der Waals surface area contributed by atoms with Crippen molar-refractivity contribution in [2.45, 2.75) is 0 Å². The van der Waals surface area contributed by atoms with Crippen molar-refractivity contribution in [3.63, 3.8) is 0 Å². The summed E-state index contributed by atoms with van der Waals surface area (Å²) in [6.45, 7) is 0. The molecule has 3 nitrogen and oxygen atoms in total. The zero-order valence-corrected chi connectivity index (χ0v) is 11.2. The molecule has 0 saturated heterocycles. The molecule has 0 aliphatic heterocycles. The van der Waals surface area contributed by atoms with Crippen LogP contribution in [0.4, 0.5) is 0 Å². The molecule has 0 radical (unpaired) electrons. The molecule has 0 saturated carbocycles. The maximum atomic E-state index is 11.4. The van der Waals surface area contributed by atoms with E-state index >= 15 is 0 Å². The first kappa shape index (κ1) is 14.5. The van der Waals surface area contributed by atoms with Crippen molar-refractivity contribution in [1.82, 2.24) is 4.98 Å². The summed E-state index contributed by atoms with van der Waals surface area (Å²) in [5.74, 6) is -0.379. The minimum Gasteiger partial charge on any atom is -0.465 e. The van der Waals surface area contributed by atoms with Gasteiger partial charge < -0.3 is 4.74 Å². The van der Waals surface area contributed by atoms with Crippen molar-refractivity contribution in [2.24, 2.45) is 0 Å². The van der Waals surface area contributed by atoms with Gasteiger partial charge >= 0.3 is 5.97 Å². The molecule has 0 bridgehead atoms. The van der Waals surface area contributed by atoms with Crippen LogP contribution in [0.3, 0.4) is 0 Å². The average molecular weight is 284 g/mol. The lowest BCUT2D eigenvalue weighted by atomic mass is 10.1. The predicted molar refractivity (Wildman–Crippen MR) is 73.3 cm³/mol. The van der Waals surface area contributed by atoms with E-state index < -0.39 is 0 Å². The van der Waals surface area contributed by atoms with E-state index in [9.17, 15) is 4.79 Å². The van der Waals surface area contributed by atoms with Crippen LogP contribution in [-0.4, -0.2) is 18.1 Å². The summed E-state index contributed by atoms with van der Waals surface area (Å²) < 4.78 is 4.66. The first-order valence-corrected chi connectivity index (χ1v) is 5.39. The van der Waals surface area contributed by atoms with Gasteiger partial charge in [0.2, 0.25) is 0 Å². The summed E-state index contributed by atoms with van der Waals surface area (Å²) in [5.41, 5.74) is 2.02. The van der Waals surface area contributed by atoms with E-state index in [1.165, 1.54) is 7.11 Å². The highest BCUT2D eigenvalue weighted by Gasteiger charge is 2.07. The number of carbonyl (C=O) groups excluding carboxylic acids is 1. The monoisotopic (exact) mass is 283 g/mol. The molecule has 0 atom stereocenters. The molecule has 2 aromatic rings. The first-order valence-electron chi connectivity index (χ1n) is 5.01. The fourth-order valence-corrected chi connectivity index (χ4v) is 1.67. The molecule has 2 rings (SSSR count). The number of ether oxygens (including phenoxy) is 1. The fourth-order valence-electron chi connectivity index (χ4n) is 1.48. The van der Waals surface area contributed by atoms with Crippen LogP contribution in [0.1, 0.15) is 10.4 Å². The van der Waals surface area contributed by atoms with Crippen LogP contribution < -0.4 is 0 Å². The van der Waals surface area contributed by atoms with Crippen molar-refractivity contribution in [2.75, 3.05) is 7.11 Å². The fraction of sp³-hybridized carbons (Fsp3) is 0.0769. The average Bonchev–Trinajstić information content (AvgIpc) is 2.38. The Labute approximate surface area is 116 Å². The zero-order valence-electron chi connectivity index (χ0n) is 9.59. The number of nitrogens with zero attached hydrogens (tertiary/aromatic N) is 1. The molecule has 0 fully saturated rings. The Kier molecular flexibility index (Phi) is 5.13. The van der Waals surface area contributed by atoms with Crippen LogP contribution in [0, 0.1) is 0 Å². The van der Waals surface area contributed by atoms with Gasteiger partial charge in [-0.1, -0.05) is 23.7 Å². The van der Waals surface area contributed by atoms with Crippen LogP contribution >= 0.6 is 24.0 Å². The number of methoxy groups -OCH3 is 1. The number of benzene rings is 1. The van der Waals surface area contributed by atoms with E-state index in [1.54, 1.807) is 30.5 Å². The quantitative estimate of drug-likeness (QED) is 0.791. The van der Waals surface area contributed by atoms with E-state index in [0.717, 1.165) is 5.56 Å². The van der Waals surface area contributed by atoms with E-state index in [1.807, 2.05) is 12.1 Å². The van der Waals surface area contributed by atoms with Gasteiger partial charge in [-0.05, 0) is 24.3 Å². The second-order valence-electron chi connectivity index (χ2n) is 3.43. The van der Waals surface area contributed by atoms with E-state index in [2.05, 4.69) is 9.72 Å². The lowest BCUT2D eigenvalue weighted by molar-refractivity contribution is 0.0600. The smallest absolute Gasteiger partial charge is 0.337 e. The Morgan fingerprint density at radius 3 is 2.72 bits per heavy atom. The first-order chi connectivity index (χ1) is 8.20. The molecule has 1 aromatic carbocycles. The predicted octanol–water partition coefficient (Wildman–Crippen LogP) is 3.61. The maximum Gasteiger partial charge on any atom is 0.337 e. The van der Waals surface area contributed by atoms with E-state index in [-0.39, 0.29) is 18.4 Å². The second kappa shape index (κ2) is 6.38. The summed E-state index contributed by atoms with van der Waals surface area (Å²) in [4.78, 5) is 15.6. The topological polar surface area (TPSA) is 39.2 Å². The third-order valence-electron chi connectivity index (χ3n) is 2.30. The Morgan fingerprint density at radius 1 is 1.28 bits per heavy atom. The SMILES string of the molecule is COC(=O)c1ccnc(-c2cccc(Cl)c2)c1.Cl. The molecule has 0 spiro atoms. The van der Waals surface area contributed by atoms with Crippen molar-refractivity contribution >= 4 is 30.0 Å². The second-order valence-corrected chi connectivity index (χ2v) is 3.87. The summed E-state index contributed by atoms with van der Waals surface area (Å²) in [6.07, 6.45) is 1.57. The molecule has 94 valence electrons. The molecule has 0 aliphatic carbocycles. The largest absolute Gasteiger partial charge is 0.465 e. The van der Waals surface area contributed by atoms with Gasteiger partial charge in [0.1, 0.15) is 0 Å². The molecule has 0 aliphatic rings. The number of rotatable bonds is 2. The van der Waals surface area contributed by atoms with Crippen molar-refractivity contribution in [1.29, 1.82) is 0 Å². The van der Waals surface area contributed by atoms with Crippen LogP contribution in [0.2, 0.25) is 5.02 Å². The molecular weight excluding hydrogens is 273 g/mol. The Morgan fingerprint density at radius 2 is 2.06 bits per heavy atom. The molecule has 0 unspecified atom stereocenters. The molecule has 0 amide bonds. The Bertz CT molecular complexity index is 558. The lowest BCUT2D eigenvalue weighted by Gasteiger charge is -2.03. The molecule has 5 heteroatoms. The molecular formula is C13H11Cl2NO2. The summed E-state index contributed by atoms with van der Waals surface area (Å²) >= 11 is 5.90. The number of halogens is 2. The van der Waals surface area contributed by atoms with Gasteiger partial charge in [-0.25, -0.2) is 4.79 Å². The van der Waals surface area contributed by atoms with Gasteiger partial charge in [-0.15, -0.1) is 12.4 Å². The highest BCUT2D eigenvalue weighted by atomic mass is 35.5. The van der Waals surface area contributed by atoms with Crippen molar-refractivity contribution < 1.29 is 9.53 Å². The van der Waals surface area contributed by atoms with Crippen molar-refractivity contribution in [3.05, 3.63) is 53.2 Å². The van der Waals surface area contributed by atoms with E-state index in [4.69, 9.17) is 11.6 Å². The van der Waals surface area contributed by atoms with Gasteiger partial charge in [0, 0.05) is 16.8 Å². The number of pyridine rings is 1.